The lowest BCUT2D eigenvalue weighted by molar-refractivity contribution is 0.379. The summed E-state index contributed by atoms with van der Waals surface area (Å²) in [6, 6.07) is 4.26. The largest absolute Gasteiger partial charge is 0.327 e. The number of nitrogens with two attached hydrogens (primary N) is 1. The molecule has 0 bridgehead atoms. The minimum Gasteiger partial charge on any atom is -0.327 e. The topological polar surface area (TPSA) is 42.1 Å². The highest BCUT2D eigenvalue weighted by Gasteiger charge is 2.04. The van der Waals surface area contributed by atoms with Crippen LogP contribution in [0.1, 0.15) is 12.0 Å². The quantitative estimate of drug-likeness (QED) is 0.755. The first-order chi connectivity index (χ1) is 6.68. The summed E-state index contributed by atoms with van der Waals surface area (Å²) in [5, 5.41) is 0. The molecule has 0 aliphatic rings. The minimum absolute atomic E-state index is 0.238. The van der Waals surface area contributed by atoms with Crippen LogP contribution in [0, 0.1) is 0 Å². The van der Waals surface area contributed by atoms with E-state index in [9.17, 15) is 0 Å². The van der Waals surface area contributed by atoms with Gasteiger partial charge in [-0.25, -0.2) is 0 Å². The highest BCUT2D eigenvalue weighted by molar-refractivity contribution is 5.09. The fourth-order valence-electron chi connectivity index (χ4n) is 1.35. The molecule has 1 rings (SSSR count). The number of aromatic nitrogens is 1. The van der Waals surface area contributed by atoms with Crippen LogP contribution in [0.5, 0.6) is 0 Å². The Kier molecular flexibility index (Phi) is 4.56. The van der Waals surface area contributed by atoms with Crippen LogP contribution in [0.15, 0.2) is 24.5 Å². The molecule has 1 unspecified atom stereocenters. The first-order valence-electron chi connectivity index (χ1n) is 4.97. The maximum absolute atomic E-state index is 6.00. The SMILES string of the molecule is CN(C)CCC(N)Cc1cccnc1. The van der Waals surface area contributed by atoms with Crippen molar-refractivity contribution < 1.29 is 0 Å². The first kappa shape index (κ1) is 11.1. The summed E-state index contributed by atoms with van der Waals surface area (Å²) in [4.78, 5) is 6.22. The van der Waals surface area contributed by atoms with Crippen molar-refractivity contribution >= 4 is 0 Å². The summed E-state index contributed by atoms with van der Waals surface area (Å²) in [7, 11) is 4.13. The van der Waals surface area contributed by atoms with E-state index in [0.717, 1.165) is 19.4 Å². The Balaban J connectivity index is 2.30. The normalized spacial score (nSPS) is 13.1. The molecule has 0 radical (unpaired) electrons. The van der Waals surface area contributed by atoms with Gasteiger partial charge < -0.3 is 10.6 Å². The van der Waals surface area contributed by atoms with Crippen LogP contribution in [0.3, 0.4) is 0 Å². The van der Waals surface area contributed by atoms with Gasteiger partial charge in [0.15, 0.2) is 0 Å². The molecule has 3 heteroatoms. The molecule has 3 nitrogen and oxygen atoms in total. The van der Waals surface area contributed by atoms with Gasteiger partial charge in [-0.3, -0.25) is 4.98 Å². The molecule has 0 aliphatic heterocycles. The van der Waals surface area contributed by atoms with Gasteiger partial charge in [0.05, 0.1) is 0 Å². The molecule has 2 N–H and O–H groups in total. The summed E-state index contributed by atoms with van der Waals surface area (Å²) in [6.07, 6.45) is 5.62. The molecule has 0 aliphatic carbocycles. The average molecular weight is 193 g/mol. The van der Waals surface area contributed by atoms with Crippen LogP contribution >= 0.6 is 0 Å². The van der Waals surface area contributed by atoms with Gasteiger partial charge in [0.2, 0.25) is 0 Å². The zero-order valence-electron chi connectivity index (χ0n) is 8.98. The van der Waals surface area contributed by atoms with Gasteiger partial charge in [-0.1, -0.05) is 6.07 Å². The van der Waals surface area contributed by atoms with Crippen LogP contribution in [-0.2, 0) is 6.42 Å². The monoisotopic (exact) mass is 193 g/mol. The van der Waals surface area contributed by atoms with E-state index in [2.05, 4.69) is 30.0 Å². The molecule has 0 amide bonds. The Bertz CT molecular complexity index is 246. The van der Waals surface area contributed by atoms with Crippen molar-refractivity contribution in [2.75, 3.05) is 20.6 Å². The fourth-order valence-corrected chi connectivity index (χ4v) is 1.35. The molecule has 14 heavy (non-hydrogen) atoms. The third-order valence-electron chi connectivity index (χ3n) is 2.17. The van der Waals surface area contributed by atoms with E-state index in [-0.39, 0.29) is 6.04 Å². The molecule has 78 valence electrons. The van der Waals surface area contributed by atoms with E-state index in [1.165, 1.54) is 5.56 Å². The van der Waals surface area contributed by atoms with Gasteiger partial charge in [0.1, 0.15) is 0 Å². The van der Waals surface area contributed by atoms with E-state index >= 15 is 0 Å². The zero-order valence-corrected chi connectivity index (χ0v) is 8.98. The van der Waals surface area contributed by atoms with Crippen molar-refractivity contribution in [3.8, 4) is 0 Å². The molecular weight excluding hydrogens is 174 g/mol. The number of nitrogens with zero attached hydrogens (tertiary/aromatic N) is 2. The Morgan fingerprint density at radius 1 is 1.50 bits per heavy atom. The summed E-state index contributed by atoms with van der Waals surface area (Å²) in [5.41, 5.74) is 7.22. The van der Waals surface area contributed by atoms with Crippen LogP contribution in [-0.4, -0.2) is 36.6 Å². The van der Waals surface area contributed by atoms with Crippen molar-refractivity contribution in [3.63, 3.8) is 0 Å². The lowest BCUT2D eigenvalue weighted by Gasteiger charge is -2.14. The van der Waals surface area contributed by atoms with Crippen molar-refractivity contribution in [2.45, 2.75) is 18.9 Å². The van der Waals surface area contributed by atoms with E-state index < -0.39 is 0 Å². The minimum atomic E-state index is 0.238. The van der Waals surface area contributed by atoms with Crippen molar-refractivity contribution in [1.29, 1.82) is 0 Å². The third kappa shape index (κ3) is 4.35. The first-order valence-corrected chi connectivity index (χ1v) is 4.97. The third-order valence-corrected chi connectivity index (χ3v) is 2.17. The molecule has 0 saturated carbocycles. The Labute approximate surface area is 85.9 Å². The lowest BCUT2D eigenvalue weighted by atomic mass is 10.1. The van der Waals surface area contributed by atoms with E-state index in [1.54, 1.807) is 6.20 Å². The van der Waals surface area contributed by atoms with E-state index in [1.807, 2.05) is 12.3 Å². The molecule has 0 fully saturated rings. The average Bonchev–Trinajstić information content (AvgIpc) is 2.16. The molecule has 0 spiro atoms. The smallest absolute Gasteiger partial charge is 0.0300 e. The highest BCUT2D eigenvalue weighted by atomic mass is 15.0. The molecular formula is C11H19N3. The second-order valence-electron chi connectivity index (χ2n) is 3.92. The Morgan fingerprint density at radius 3 is 2.86 bits per heavy atom. The second kappa shape index (κ2) is 5.73. The summed E-state index contributed by atoms with van der Waals surface area (Å²) in [5.74, 6) is 0. The van der Waals surface area contributed by atoms with Gasteiger partial charge in [-0.15, -0.1) is 0 Å². The van der Waals surface area contributed by atoms with Crippen LogP contribution in [0.25, 0.3) is 0 Å². The number of hydrogen-bond acceptors (Lipinski definition) is 3. The molecule has 1 heterocycles. The number of hydrogen-bond donors (Lipinski definition) is 1. The Hall–Kier alpha value is -0.930. The van der Waals surface area contributed by atoms with Crippen LogP contribution in [0.4, 0.5) is 0 Å². The van der Waals surface area contributed by atoms with Crippen LogP contribution in [0.2, 0.25) is 0 Å². The lowest BCUT2D eigenvalue weighted by Crippen LogP contribution is -2.28. The fraction of sp³-hybridized carbons (Fsp3) is 0.545. The highest BCUT2D eigenvalue weighted by Crippen LogP contribution is 2.02. The number of rotatable bonds is 5. The van der Waals surface area contributed by atoms with Crippen molar-refractivity contribution in [2.24, 2.45) is 5.73 Å². The molecule has 0 aromatic carbocycles. The zero-order chi connectivity index (χ0) is 10.4. The number of pyridine rings is 1. The van der Waals surface area contributed by atoms with E-state index in [0.29, 0.717) is 0 Å². The van der Waals surface area contributed by atoms with Gasteiger partial charge in [0, 0.05) is 18.4 Å². The Morgan fingerprint density at radius 2 is 2.29 bits per heavy atom. The maximum Gasteiger partial charge on any atom is 0.0300 e. The predicted octanol–water partition coefficient (Wildman–Crippen LogP) is 0.903. The maximum atomic E-state index is 6.00. The van der Waals surface area contributed by atoms with Crippen LogP contribution < -0.4 is 5.73 Å². The summed E-state index contributed by atoms with van der Waals surface area (Å²) >= 11 is 0. The van der Waals surface area contributed by atoms with Gasteiger partial charge >= 0.3 is 0 Å². The molecule has 0 saturated heterocycles. The molecule has 1 aromatic heterocycles. The predicted molar refractivity (Wildman–Crippen MR) is 59.1 cm³/mol. The van der Waals surface area contributed by atoms with Gasteiger partial charge in [-0.05, 0) is 45.1 Å². The standard InChI is InChI=1S/C11H19N3/c1-14(2)7-5-11(12)8-10-4-3-6-13-9-10/h3-4,6,9,11H,5,7-8,12H2,1-2H3. The molecule has 1 aromatic rings. The second-order valence-corrected chi connectivity index (χ2v) is 3.92. The molecule has 1 atom stereocenters. The summed E-state index contributed by atoms with van der Waals surface area (Å²) < 4.78 is 0. The van der Waals surface area contributed by atoms with Gasteiger partial charge in [0.25, 0.3) is 0 Å². The van der Waals surface area contributed by atoms with Crippen molar-refractivity contribution in [1.82, 2.24) is 9.88 Å². The van der Waals surface area contributed by atoms with Gasteiger partial charge in [-0.2, -0.15) is 0 Å². The van der Waals surface area contributed by atoms with Crippen molar-refractivity contribution in [3.05, 3.63) is 30.1 Å². The summed E-state index contributed by atoms with van der Waals surface area (Å²) in [6.45, 7) is 1.04. The van der Waals surface area contributed by atoms with E-state index in [4.69, 9.17) is 5.73 Å².